The van der Waals surface area contributed by atoms with Gasteiger partial charge in [-0.3, -0.25) is 10.1 Å². The monoisotopic (exact) mass is 281 g/mol. The number of halogens is 3. The Bertz CT molecular complexity index is 373. The molecule has 0 aliphatic heterocycles. The van der Waals surface area contributed by atoms with Gasteiger partial charge in [0.15, 0.2) is 0 Å². The molecule has 15 heavy (non-hydrogen) atoms. The molecule has 0 bridgehead atoms. The summed E-state index contributed by atoms with van der Waals surface area (Å²) < 4.78 is 28.0. The molecule has 0 N–H and O–H groups in total. The SMILES string of the molecule is O=[N+]([O-])c1ccc(OC(F)F)c(CBr)c1. The maximum absolute atomic E-state index is 11.9. The number of benzene rings is 1. The van der Waals surface area contributed by atoms with Crippen LogP contribution in [0.5, 0.6) is 5.75 Å². The molecule has 82 valence electrons. The number of nitro benzene ring substituents is 1. The van der Waals surface area contributed by atoms with Crippen LogP contribution in [-0.4, -0.2) is 11.5 Å². The Hall–Kier alpha value is -1.24. The van der Waals surface area contributed by atoms with Crippen LogP contribution in [0.4, 0.5) is 14.5 Å². The molecule has 0 saturated heterocycles. The van der Waals surface area contributed by atoms with Crippen molar-refractivity contribution in [3.05, 3.63) is 33.9 Å². The molecule has 0 atom stereocenters. The van der Waals surface area contributed by atoms with E-state index < -0.39 is 11.5 Å². The number of hydrogen-bond acceptors (Lipinski definition) is 3. The van der Waals surface area contributed by atoms with Gasteiger partial charge in [0.25, 0.3) is 5.69 Å². The second-order valence-electron chi connectivity index (χ2n) is 2.56. The van der Waals surface area contributed by atoms with E-state index in [1.807, 2.05) is 0 Å². The summed E-state index contributed by atoms with van der Waals surface area (Å²) in [6, 6.07) is 3.46. The fourth-order valence-electron chi connectivity index (χ4n) is 0.995. The number of nitrogens with zero attached hydrogens (tertiary/aromatic N) is 1. The summed E-state index contributed by atoms with van der Waals surface area (Å²) in [7, 11) is 0. The van der Waals surface area contributed by atoms with Crippen molar-refractivity contribution in [1.29, 1.82) is 0 Å². The lowest BCUT2D eigenvalue weighted by atomic mass is 10.2. The van der Waals surface area contributed by atoms with Gasteiger partial charge in [0, 0.05) is 23.0 Å². The van der Waals surface area contributed by atoms with Gasteiger partial charge in [-0.15, -0.1) is 0 Å². The molecule has 0 aliphatic carbocycles. The molecule has 0 amide bonds. The molecule has 0 spiro atoms. The number of rotatable bonds is 4. The van der Waals surface area contributed by atoms with Crippen molar-refractivity contribution in [3.8, 4) is 5.75 Å². The smallest absolute Gasteiger partial charge is 0.387 e. The number of alkyl halides is 3. The summed E-state index contributed by atoms with van der Waals surface area (Å²) in [4.78, 5) is 9.80. The predicted molar refractivity (Wildman–Crippen MR) is 52.4 cm³/mol. The fourth-order valence-corrected chi connectivity index (χ4v) is 1.43. The van der Waals surface area contributed by atoms with Crippen molar-refractivity contribution in [3.63, 3.8) is 0 Å². The Kier molecular flexibility index (Phi) is 3.96. The number of nitro groups is 1. The van der Waals surface area contributed by atoms with E-state index in [1.165, 1.54) is 6.07 Å². The van der Waals surface area contributed by atoms with E-state index >= 15 is 0 Å². The van der Waals surface area contributed by atoms with E-state index in [1.54, 1.807) is 0 Å². The summed E-state index contributed by atoms with van der Waals surface area (Å²) in [5, 5.41) is 10.6. The predicted octanol–water partition coefficient (Wildman–Crippen LogP) is 3.09. The molecule has 0 aliphatic rings. The van der Waals surface area contributed by atoms with Crippen molar-refractivity contribution in [2.24, 2.45) is 0 Å². The van der Waals surface area contributed by atoms with Crippen molar-refractivity contribution in [2.75, 3.05) is 0 Å². The molecule has 0 radical (unpaired) electrons. The minimum atomic E-state index is -2.94. The fraction of sp³-hybridized carbons (Fsp3) is 0.250. The molecule has 0 unspecified atom stereocenters. The molecular weight excluding hydrogens is 276 g/mol. The van der Waals surface area contributed by atoms with Gasteiger partial charge in [0.05, 0.1) is 4.92 Å². The van der Waals surface area contributed by atoms with Crippen LogP contribution in [0.1, 0.15) is 5.56 Å². The van der Waals surface area contributed by atoms with Crippen LogP contribution in [0.2, 0.25) is 0 Å². The molecule has 7 heteroatoms. The van der Waals surface area contributed by atoms with Crippen molar-refractivity contribution in [1.82, 2.24) is 0 Å². The van der Waals surface area contributed by atoms with E-state index in [0.717, 1.165) is 12.1 Å². The molecule has 4 nitrogen and oxygen atoms in total. The molecule has 0 aromatic heterocycles. The molecule has 1 aromatic carbocycles. The highest BCUT2D eigenvalue weighted by Gasteiger charge is 2.13. The normalized spacial score (nSPS) is 10.4. The zero-order chi connectivity index (χ0) is 11.4. The Morgan fingerprint density at radius 3 is 2.67 bits per heavy atom. The van der Waals surface area contributed by atoms with Gasteiger partial charge in [-0.05, 0) is 6.07 Å². The van der Waals surface area contributed by atoms with Crippen LogP contribution in [0.3, 0.4) is 0 Å². The minimum Gasteiger partial charge on any atom is -0.435 e. The summed E-state index contributed by atoms with van der Waals surface area (Å²) in [5.74, 6) is -0.0625. The topological polar surface area (TPSA) is 52.4 Å². The van der Waals surface area contributed by atoms with Crippen molar-refractivity contribution < 1.29 is 18.4 Å². The van der Waals surface area contributed by atoms with Crippen LogP contribution in [0.25, 0.3) is 0 Å². The quantitative estimate of drug-likeness (QED) is 0.484. The van der Waals surface area contributed by atoms with E-state index in [2.05, 4.69) is 20.7 Å². The second kappa shape index (κ2) is 5.01. The molecule has 1 rings (SSSR count). The number of ether oxygens (including phenoxy) is 1. The van der Waals surface area contributed by atoms with Crippen molar-refractivity contribution >= 4 is 21.6 Å². The third-order valence-electron chi connectivity index (χ3n) is 1.61. The van der Waals surface area contributed by atoms with E-state index in [-0.39, 0.29) is 16.8 Å². The average Bonchev–Trinajstić information content (AvgIpc) is 2.17. The zero-order valence-electron chi connectivity index (χ0n) is 7.32. The summed E-state index contributed by atoms with van der Waals surface area (Å²) in [6.07, 6.45) is 0. The van der Waals surface area contributed by atoms with Crippen LogP contribution in [0, 0.1) is 10.1 Å². The Morgan fingerprint density at radius 2 is 2.20 bits per heavy atom. The van der Waals surface area contributed by atoms with Gasteiger partial charge < -0.3 is 4.74 Å². The standard InChI is InChI=1S/C8H6BrF2NO3/c9-4-5-3-6(12(13)14)1-2-7(5)15-8(10)11/h1-3,8H,4H2. The third kappa shape index (κ3) is 3.12. The van der Waals surface area contributed by atoms with Crippen LogP contribution >= 0.6 is 15.9 Å². The van der Waals surface area contributed by atoms with Gasteiger partial charge in [-0.25, -0.2) is 0 Å². The van der Waals surface area contributed by atoms with Crippen molar-refractivity contribution in [2.45, 2.75) is 11.9 Å². The first-order valence-corrected chi connectivity index (χ1v) is 4.95. The first kappa shape index (κ1) is 11.8. The Morgan fingerprint density at radius 1 is 1.53 bits per heavy atom. The van der Waals surface area contributed by atoms with Gasteiger partial charge >= 0.3 is 6.61 Å². The van der Waals surface area contributed by atoms with Crippen LogP contribution in [-0.2, 0) is 5.33 Å². The first-order valence-electron chi connectivity index (χ1n) is 3.82. The lowest BCUT2D eigenvalue weighted by molar-refractivity contribution is -0.384. The Labute approximate surface area is 92.1 Å². The highest BCUT2D eigenvalue weighted by atomic mass is 79.9. The zero-order valence-corrected chi connectivity index (χ0v) is 8.91. The van der Waals surface area contributed by atoms with Gasteiger partial charge in [-0.2, -0.15) is 8.78 Å². The molecular formula is C8H6BrF2NO3. The highest BCUT2D eigenvalue weighted by Crippen LogP contribution is 2.27. The Balaban J connectivity index is 3.03. The summed E-state index contributed by atoms with van der Waals surface area (Å²) in [6.45, 7) is -2.94. The van der Waals surface area contributed by atoms with Gasteiger partial charge in [-0.1, -0.05) is 15.9 Å². The minimum absolute atomic E-state index is 0.0625. The largest absolute Gasteiger partial charge is 0.435 e. The number of hydrogen-bond donors (Lipinski definition) is 0. The number of non-ortho nitro benzene ring substituents is 1. The maximum atomic E-state index is 11.9. The van der Waals surface area contributed by atoms with Gasteiger partial charge in [0.1, 0.15) is 5.75 Å². The second-order valence-corrected chi connectivity index (χ2v) is 3.12. The van der Waals surface area contributed by atoms with Crippen LogP contribution < -0.4 is 4.74 Å². The molecule has 0 saturated carbocycles. The van der Waals surface area contributed by atoms with E-state index in [4.69, 9.17) is 0 Å². The molecule has 1 aromatic rings. The molecule has 0 fully saturated rings. The van der Waals surface area contributed by atoms with Gasteiger partial charge in [0.2, 0.25) is 0 Å². The maximum Gasteiger partial charge on any atom is 0.387 e. The van der Waals surface area contributed by atoms with E-state index in [9.17, 15) is 18.9 Å². The van der Waals surface area contributed by atoms with E-state index in [0.29, 0.717) is 5.56 Å². The summed E-state index contributed by atoms with van der Waals surface area (Å²) in [5.41, 5.74) is 0.149. The van der Waals surface area contributed by atoms with Crippen LogP contribution in [0.15, 0.2) is 18.2 Å². The lowest BCUT2D eigenvalue weighted by Gasteiger charge is -2.07. The highest BCUT2D eigenvalue weighted by molar-refractivity contribution is 9.08. The average molecular weight is 282 g/mol. The molecule has 0 heterocycles. The lowest BCUT2D eigenvalue weighted by Crippen LogP contribution is -2.04. The summed E-state index contributed by atoms with van der Waals surface area (Å²) >= 11 is 3.03. The third-order valence-corrected chi connectivity index (χ3v) is 2.22. The first-order chi connectivity index (χ1) is 7.04.